The Morgan fingerprint density at radius 3 is 2.68 bits per heavy atom. The lowest BCUT2D eigenvalue weighted by atomic mass is 9.67. The Bertz CT molecular complexity index is 450. The van der Waals surface area contributed by atoms with Crippen molar-refractivity contribution >= 4 is 5.78 Å². The molecule has 1 fully saturated rings. The van der Waals surface area contributed by atoms with Crippen molar-refractivity contribution < 1.29 is 9.53 Å². The lowest BCUT2D eigenvalue weighted by Crippen LogP contribution is -2.54. The van der Waals surface area contributed by atoms with E-state index in [1.165, 1.54) is 0 Å². The summed E-state index contributed by atoms with van der Waals surface area (Å²) < 4.78 is 6.40. The van der Waals surface area contributed by atoms with Crippen LogP contribution in [0.1, 0.15) is 52.4 Å². The van der Waals surface area contributed by atoms with Crippen molar-refractivity contribution in [2.24, 2.45) is 11.3 Å². The fourth-order valence-electron chi connectivity index (χ4n) is 4.10. The molecule has 1 saturated carbocycles. The highest BCUT2D eigenvalue weighted by Gasteiger charge is 2.50. The maximum Gasteiger partial charge on any atom is 0.163 e. The van der Waals surface area contributed by atoms with E-state index in [1.54, 1.807) is 0 Å². The van der Waals surface area contributed by atoms with E-state index in [-0.39, 0.29) is 11.1 Å². The lowest BCUT2D eigenvalue weighted by molar-refractivity contribution is -0.161. The molecule has 2 aliphatic carbocycles. The molecule has 0 N–H and O–H groups in total. The van der Waals surface area contributed by atoms with Crippen LogP contribution in [0.3, 0.4) is 0 Å². The van der Waals surface area contributed by atoms with Crippen LogP contribution in [0.5, 0.6) is 0 Å². The molecule has 0 aromatic rings. The highest BCUT2D eigenvalue weighted by molar-refractivity contribution is 5.97. The number of carbonyl (C=O) groups excluding carboxylic acids is 1. The van der Waals surface area contributed by atoms with Crippen molar-refractivity contribution in [2.45, 2.75) is 58.1 Å². The molecule has 0 saturated heterocycles. The van der Waals surface area contributed by atoms with E-state index in [0.29, 0.717) is 18.1 Å². The third-order valence-corrected chi connectivity index (χ3v) is 5.10. The van der Waals surface area contributed by atoms with Crippen molar-refractivity contribution in [3.05, 3.63) is 11.3 Å². The molecule has 0 amide bonds. The Kier molecular flexibility index (Phi) is 2.83. The van der Waals surface area contributed by atoms with Crippen LogP contribution in [0, 0.1) is 11.3 Å². The number of Topliss-reactive ketones (excluding diaryl/α,β-unsaturated/α-hetero) is 1. The molecular weight excluding hydrogens is 238 g/mol. The molecule has 1 heterocycles. The number of carbonyl (C=O) groups is 1. The monoisotopic (exact) mass is 263 g/mol. The molecule has 3 heteroatoms. The summed E-state index contributed by atoms with van der Waals surface area (Å²) >= 11 is 0. The van der Waals surface area contributed by atoms with Crippen LogP contribution >= 0.6 is 0 Å². The van der Waals surface area contributed by atoms with Gasteiger partial charge in [0.25, 0.3) is 0 Å². The number of nitrogens with zero attached hydrogens (tertiary/aromatic N) is 1. The minimum absolute atomic E-state index is 0.0507. The van der Waals surface area contributed by atoms with Gasteiger partial charge >= 0.3 is 0 Å². The quantitative estimate of drug-likeness (QED) is 0.728. The summed E-state index contributed by atoms with van der Waals surface area (Å²) in [6.45, 7) is 4.34. The standard InChI is InChI=1S/C16H25NO2/c1-15(2)9-12(18)14-11-6-5-7-16(8-11,17(3)4)19-13(14)10-15/h11H,5-10H2,1-4H3/t11-,16+/m1/s1. The Balaban J connectivity index is 2.02. The van der Waals surface area contributed by atoms with Crippen LogP contribution < -0.4 is 0 Å². The van der Waals surface area contributed by atoms with Crippen LogP contribution in [0.4, 0.5) is 0 Å². The van der Waals surface area contributed by atoms with Gasteiger partial charge in [-0.15, -0.1) is 0 Å². The topological polar surface area (TPSA) is 29.5 Å². The fraction of sp³-hybridized carbons (Fsp3) is 0.812. The van der Waals surface area contributed by atoms with Gasteiger partial charge in [-0.3, -0.25) is 9.69 Å². The summed E-state index contributed by atoms with van der Waals surface area (Å²) in [6.07, 6.45) is 5.99. The van der Waals surface area contributed by atoms with E-state index in [0.717, 1.165) is 43.4 Å². The normalized spacial score (nSPS) is 37.1. The zero-order chi connectivity index (χ0) is 13.8. The van der Waals surface area contributed by atoms with Gasteiger partial charge in [0, 0.05) is 31.3 Å². The molecule has 3 nitrogen and oxygen atoms in total. The van der Waals surface area contributed by atoms with Gasteiger partial charge in [0.15, 0.2) is 11.5 Å². The molecule has 0 aromatic carbocycles. The van der Waals surface area contributed by atoms with Crippen molar-refractivity contribution in [1.82, 2.24) is 4.90 Å². The van der Waals surface area contributed by atoms with Gasteiger partial charge in [0.1, 0.15) is 5.76 Å². The van der Waals surface area contributed by atoms with E-state index in [1.807, 2.05) is 0 Å². The summed E-state index contributed by atoms with van der Waals surface area (Å²) in [4.78, 5) is 14.7. The molecule has 1 aliphatic heterocycles. The Morgan fingerprint density at radius 1 is 1.26 bits per heavy atom. The first kappa shape index (κ1) is 13.2. The molecule has 3 rings (SSSR count). The largest absolute Gasteiger partial charge is 0.476 e. The van der Waals surface area contributed by atoms with Gasteiger partial charge in [0.2, 0.25) is 0 Å². The average molecular weight is 263 g/mol. The molecular formula is C16H25NO2. The number of hydrogen-bond donors (Lipinski definition) is 0. The Morgan fingerprint density at radius 2 is 2.00 bits per heavy atom. The summed E-state index contributed by atoms with van der Waals surface area (Å²) in [7, 11) is 4.20. The van der Waals surface area contributed by atoms with Gasteiger partial charge in [-0.1, -0.05) is 13.8 Å². The Hall–Kier alpha value is -0.830. The van der Waals surface area contributed by atoms with Crippen molar-refractivity contribution in [3.8, 4) is 0 Å². The molecule has 0 radical (unpaired) electrons. The molecule has 0 aromatic heterocycles. The summed E-state index contributed by atoms with van der Waals surface area (Å²) in [5, 5.41) is 0. The first-order valence-electron chi connectivity index (χ1n) is 7.46. The summed E-state index contributed by atoms with van der Waals surface area (Å²) in [6, 6.07) is 0. The smallest absolute Gasteiger partial charge is 0.163 e. The molecule has 2 atom stereocenters. The second-order valence-corrected chi connectivity index (χ2v) is 7.51. The minimum atomic E-state index is -0.157. The van der Waals surface area contributed by atoms with Gasteiger partial charge < -0.3 is 4.74 Å². The number of hydrogen-bond acceptors (Lipinski definition) is 3. The maximum absolute atomic E-state index is 12.5. The number of fused-ring (bicyclic) bond motifs is 3. The lowest BCUT2D eigenvalue weighted by Gasteiger charge is -2.52. The van der Waals surface area contributed by atoms with Crippen LogP contribution in [0.25, 0.3) is 0 Å². The van der Waals surface area contributed by atoms with E-state index in [9.17, 15) is 4.79 Å². The molecule has 0 spiro atoms. The zero-order valence-corrected chi connectivity index (χ0v) is 12.6. The highest BCUT2D eigenvalue weighted by Crippen LogP contribution is 2.51. The predicted octanol–water partition coefficient (Wildman–Crippen LogP) is 3.11. The highest BCUT2D eigenvalue weighted by atomic mass is 16.5. The third-order valence-electron chi connectivity index (χ3n) is 5.10. The van der Waals surface area contributed by atoms with Crippen LogP contribution in [0.2, 0.25) is 0 Å². The molecule has 3 aliphatic rings. The first-order valence-corrected chi connectivity index (χ1v) is 7.46. The molecule has 19 heavy (non-hydrogen) atoms. The molecule has 106 valence electrons. The second kappa shape index (κ2) is 4.08. The van der Waals surface area contributed by atoms with Crippen molar-refractivity contribution in [1.29, 1.82) is 0 Å². The number of ether oxygens (including phenoxy) is 1. The Labute approximate surface area is 116 Å². The minimum Gasteiger partial charge on any atom is -0.476 e. The van der Waals surface area contributed by atoms with E-state index in [2.05, 4.69) is 32.8 Å². The van der Waals surface area contributed by atoms with Crippen molar-refractivity contribution in [3.63, 3.8) is 0 Å². The van der Waals surface area contributed by atoms with Crippen LogP contribution in [-0.4, -0.2) is 30.5 Å². The second-order valence-electron chi connectivity index (χ2n) is 7.51. The van der Waals surface area contributed by atoms with Gasteiger partial charge in [-0.25, -0.2) is 0 Å². The fourth-order valence-corrected chi connectivity index (χ4v) is 4.10. The van der Waals surface area contributed by atoms with E-state index >= 15 is 0 Å². The maximum atomic E-state index is 12.5. The van der Waals surface area contributed by atoms with Crippen LogP contribution in [-0.2, 0) is 9.53 Å². The number of allylic oxidation sites excluding steroid dienone is 2. The summed E-state index contributed by atoms with van der Waals surface area (Å²) in [5.41, 5.74) is 0.932. The molecule has 0 unspecified atom stereocenters. The van der Waals surface area contributed by atoms with E-state index in [4.69, 9.17) is 4.74 Å². The SMILES string of the molecule is CN(C)[C@]12CCC[C@H](C1)C1=C(CC(C)(C)CC1=O)O2. The third kappa shape index (κ3) is 2.03. The summed E-state index contributed by atoms with van der Waals surface area (Å²) in [5.74, 6) is 1.78. The van der Waals surface area contributed by atoms with Gasteiger partial charge in [0.05, 0.1) is 0 Å². The van der Waals surface area contributed by atoms with Gasteiger partial charge in [-0.2, -0.15) is 0 Å². The predicted molar refractivity (Wildman–Crippen MR) is 74.5 cm³/mol. The zero-order valence-electron chi connectivity index (χ0n) is 12.6. The van der Waals surface area contributed by atoms with Crippen LogP contribution in [0.15, 0.2) is 11.3 Å². The average Bonchev–Trinajstić information content (AvgIpc) is 2.25. The number of ketones is 1. The molecule has 2 bridgehead atoms. The van der Waals surface area contributed by atoms with Gasteiger partial charge in [-0.05, 0) is 38.3 Å². The van der Waals surface area contributed by atoms with E-state index < -0.39 is 0 Å². The van der Waals surface area contributed by atoms with Crippen molar-refractivity contribution in [2.75, 3.05) is 14.1 Å². The number of rotatable bonds is 1. The first-order chi connectivity index (χ1) is 8.83.